The molecular weight excluding hydrogens is 324 g/mol. The highest BCUT2D eigenvalue weighted by atomic mass is 32.2. The number of benzene rings is 1. The van der Waals surface area contributed by atoms with Gasteiger partial charge in [0.05, 0.1) is 11.5 Å². The minimum atomic E-state index is -2.81. The van der Waals surface area contributed by atoms with Gasteiger partial charge in [-0.25, -0.2) is 8.42 Å². The summed E-state index contributed by atoms with van der Waals surface area (Å²) in [5, 5.41) is 3.03. The van der Waals surface area contributed by atoms with Gasteiger partial charge in [0.2, 0.25) is 5.91 Å². The third kappa shape index (κ3) is 4.57. The lowest BCUT2D eigenvalue weighted by atomic mass is 10.1. The van der Waals surface area contributed by atoms with Crippen LogP contribution in [0.2, 0.25) is 0 Å². The van der Waals surface area contributed by atoms with E-state index >= 15 is 0 Å². The molecule has 1 saturated carbocycles. The van der Waals surface area contributed by atoms with E-state index in [-0.39, 0.29) is 23.3 Å². The van der Waals surface area contributed by atoms with Crippen molar-refractivity contribution >= 4 is 15.7 Å². The largest absolute Gasteiger partial charge is 0.356 e. The van der Waals surface area contributed by atoms with Gasteiger partial charge in [-0.1, -0.05) is 29.8 Å². The molecule has 2 fully saturated rings. The summed E-state index contributed by atoms with van der Waals surface area (Å²) in [6, 6.07) is 8.44. The normalized spacial score (nSPS) is 26.0. The van der Waals surface area contributed by atoms with Crippen molar-refractivity contribution in [2.45, 2.75) is 25.7 Å². The highest BCUT2D eigenvalue weighted by Crippen LogP contribution is 2.47. The second-order valence-electron chi connectivity index (χ2n) is 7.00. The fraction of sp³-hybridized carbons (Fsp3) is 0.611. The summed E-state index contributed by atoms with van der Waals surface area (Å²) in [4.78, 5) is 14.4. The van der Waals surface area contributed by atoms with Gasteiger partial charge < -0.3 is 10.2 Å². The predicted octanol–water partition coefficient (Wildman–Crippen LogP) is 1.34. The predicted molar refractivity (Wildman–Crippen MR) is 94.7 cm³/mol. The van der Waals surface area contributed by atoms with Gasteiger partial charge in [0, 0.05) is 25.6 Å². The molecule has 1 N–H and O–H groups in total. The average molecular weight is 350 g/mol. The summed E-state index contributed by atoms with van der Waals surface area (Å²) in [5.74, 6) is 1.17. The second-order valence-corrected chi connectivity index (χ2v) is 9.30. The molecule has 5 nitrogen and oxygen atoms in total. The van der Waals surface area contributed by atoms with Crippen molar-refractivity contribution in [1.29, 1.82) is 0 Å². The minimum Gasteiger partial charge on any atom is -0.356 e. The van der Waals surface area contributed by atoms with E-state index in [1.807, 2.05) is 0 Å². The third-order valence-corrected chi connectivity index (χ3v) is 6.63. The van der Waals surface area contributed by atoms with Gasteiger partial charge in [0.25, 0.3) is 0 Å². The van der Waals surface area contributed by atoms with E-state index in [0.29, 0.717) is 25.6 Å². The van der Waals surface area contributed by atoms with Gasteiger partial charge in [-0.05, 0) is 37.8 Å². The van der Waals surface area contributed by atoms with Crippen molar-refractivity contribution in [3.63, 3.8) is 0 Å². The van der Waals surface area contributed by atoms with Gasteiger partial charge in [-0.15, -0.1) is 0 Å². The number of sulfone groups is 1. The smallest absolute Gasteiger partial charge is 0.223 e. The molecule has 6 heteroatoms. The first kappa shape index (κ1) is 17.4. The first-order valence-electron chi connectivity index (χ1n) is 8.72. The number of hydrogen-bond donors (Lipinski definition) is 1. The summed E-state index contributed by atoms with van der Waals surface area (Å²) in [7, 11) is -2.81. The molecule has 2 aliphatic rings. The van der Waals surface area contributed by atoms with Crippen LogP contribution in [0.15, 0.2) is 24.3 Å². The maximum absolute atomic E-state index is 12.2. The molecule has 3 rings (SSSR count). The molecule has 1 aliphatic heterocycles. The van der Waals surface area contributed by atoms with Gasteiger partial charge >= 0.3 is 0 Å². The Hall–Kier alpha value is -1.40. The van der Waals surface area contributed by atoms with Crippen molar-refractivity contribution in [3.8, 4) is 0 Å². The highest BCUT2D eigenvalue weighted by Gasteiger charge is 2.43. The van der Waals surface area contributed by atoms with Crippen LogP contribution in [0.1, 0.15) is 29.9 Å². The maximum Gasteiger partial charge on any atom is 0.223 e. The molecule has 1 aromatic carbocycles. The van der Waals surface area contributed by atoms with E-state index in [1.165, 1.54) is 11.1 Å². The Kier molecular flexibility index (Phi) is 5.25. The van der Waals surface area contributed by atoms with Crippen molar-refractivity contribution < 1.29 is 13.2 Å². The second kappa shape index (κ2) is 7.23. The lowest BCUT2D eigenvalue weighted by Crippen LogP contribution is -2.41. The molecule has 0 aromatic heterocycles. The van der Waals surface area contributed by atoms with E-state index in [0.717, 1.165) is 19.4 Å². The standard InChI is InChI=1S/C18H26N2O3S/c1-14-3-5-15(6-4-14)16-13-17(16)18(21)19-7-2-8-20-9-11-24(22,23)12-10-20/h3-6,16-17H,2,7-13H2,1H3,(H,19,21)/t16-,17+/m0/s1. The quantitative estimate of drug-likeness (QED) is 0.786. The molecule has 1 saturated heterocycles. The molecule has 2 atom stereocenters. The number of amides is 1. The summed E-state index contributed by atoms with van der Waals surface area (Å²) >= 11 is 0. The molecule has 0 bridgehead atoms. The number of aryl methyl sites for hydroxylation is 1. The Labute approximate surface area is 144 Å². The number of nitrogens with one attached hydrogen (secondary N) is 1. The van der Waals surface area contributed by atoms with Gasteiger partial charge in [0.1, 0.15) is 0 Å². The summed E-state index contributed by atoms with van der Waals surface area (Å²) in [5.41, 5.74) is 2.50. The molecular formula is C18H26N2O3S. The van der Waals surface area contributed by atoms with Gasteiger partial charge in [-0.2, -0.15) is 0 Å². The monoisotopic (exact) mass is 350 g/mol. The maximum atomic E-state index is 12.2. The molecule has 1 aliphatic carbocycles. The highest BCUT2D eigenvalue weighted by molar-refractivity contribution is 7.91. The van der Waals surface area contributed by atoms with Crippen LogP contribution < -0.4 is 5.32 Å². The Morgan fingerprint density at radius 3 is 2.54 bits per heavy atom. The molecule has 0 radical (unpaired) electrons. The number of nitrogens with zero attached hydrogens (tertiary/aromatic N) is 1. The van der Waals surface area contributed by atoms with E-state index in [4.69, 9.17) is 0 Å². The Morgan fingerprint density at radius 2 is 1.88 bits per heavy atom. The van der Waals surface area contributed by atoms with Crippen LogP contribution >= 0.6 is 0 Å². The minimum absolute atomic E-state index is 0.118. The summed E-state index contributed by atoms with van der Waals surface area (Å²) < 4.78 is 22.8. The molecule has 1 amide bonds. The Balaban J connectivity index is 1.33. The van der Waals surface area contributed by atoms with E-state index in [1.54, 1.807) is 0 Å². The van der Waals surface area contributed by atoms with E-state index in [9.17, 15) is 13.2 Å². The van der Waals surface area contributed by atoms with Crippen molar-refractivity contribution in [1.82, 2.24) is 10.2 Å². The topological polar surface area (TPSA) is 66.5 Å². The molecule has 1 aromatic rings. The van der Waals surface area contributed by atoms with Crippen LogP contribution in [0.3, 0.4) is 0 Å². The van der Waals surface area contributed by atoms with Gasteiger partial charge in [0.15, 0.2) is 9.84 Å². The third-order valence-electron chi connectivity index (χ3n) is 5.02. The zero-order valence-electron chi connectivity index (χ0n) is 14.2. The lowest BCUT2D eigenvalue weighted by Gasteiger charge is -2.26. The van der Waals surface area contributed by atoms with Gasteiger partial charge in [-0.3, -0.25) is 4.79 Å². The van der Waals surface area contributed by atoms with Crippen molar-refractivity contribution in [2.75, 3.05) is 37.7 Å². The molecule has 1 heterocycles. The molecule has 132 valence electrons. The first-order chi connectivity index (χ1) is 11.4. The zero-order valence-corrected chi connectivity index (χ0v) is 15.0. The number of hydrogen-bond acceptors (Lipinski definition) is 4. The summed E-state index contributed by atoms with van der Waals surface area (Å²) in [6.07, 6.45) is 1.81. The van der Waals surface area contributed by atoms with Crippen molar-refractivity contribution in [2.24, 2.45) is 5.92 Å². The number of carbonyl (C=O) groups excluding carboxylic acids is 1. The van der Waals surface area contributed by atoms with Crippen LogP contribution in [0.25, 0.3) is 0 Å². The van der Waals surface area contributed by atoms with Crippen molar-refractivity contribution in [3.05, 3.63) is 35.4 Å². The zero-order chi connectivity index (χ0) is 17.2. The van der Waals surface area contributed by atoms with Crippen LogP contribution in [0, 0.1) is 12.8 Å². The molecule has 0 spiro atoms. The van der Waals surface area contributed by atoms with Crippen LogP contribution in [0.5, 0.6) is 0 Å². The van der Waals surface area contributed by atoms with E-state index < -0.39 is 9.84 Å². The van der Waals surface area contributed by atoms with Crippen LogP contribution in [0.4, 0.5) is 0 Å². The average Bonchev–Trinajstić information content (AvgIpc) is 3.34. The SMILES string of the molecule is Cc1ccc([C@@H]2C[C@H]2C(=O)NCCCN2CCS(=O)(=O)CC2)cc1. The van der Waals surface area contributed by atoms with Crippen LogP contribution in [-0.2, 0) is 14.6 Å². The lowest BCUT2D eigenvalue weighted by molar-refractivity contribution is -0.122. The molecule has 0 unspecified atom stereocenters. The van der Waals surface area contributed by atoms with Crippen LogP contribution in [-0.4, -0.2) is 56.9 Å². The number of carbonyl (C=O) groups is 1. The fourth-order valence-corrected chi connectivity index (χ4v) is 4.56. The first-order valence-corrected chi connectivity index (χ1v) is 10.5. The summed E-state index contributed by atoms with van der Waals surface area (Å²) in [6.45, 7) is 4.82. The number of rotatable bonds is 6. The Morgan fingerprint density at radius 1 is 1.21 bits per heavy atom. The molecule has 24 heavy (non-hydrogen) atoms. The fourth-order valence-electron chi connectivity index (χ4n) is 3.29. The Bertz CT molecular complexity index is 671. The van der Waals surface area contributed by atoms with E-state index in [2.05, 4.69) is 41.4 Å².